The van der Waals surface area contributed by atoms with E-state index in [0.717, 1.165) is 57.4 Å². The molecular weight excluding hydrogens is 324 g/mol. The molecule has 2 aliphatic rings. The van der Waals surface area contributed by atoms with Crippen LogP contribution >= 0.6 is 11.3 Å². The molecule has 1 atom stereocenters. The van der Waals surface area contributed by atoms with Gasteiger partial charge in [0.15, 0.2) is 0 Å². The fraction of sp³-hybridized carbons (Fsp3) is 0.667. The summed E-state index contributed by atoms with van der Waals surface area (Å²) in [6.07, 6.45) is 6.81. The van der Waals surface area contributed by atoms with Crippen LogP contribution in [0.15, 0.2) is 16.8 Å². The van der Waals surface area contributed by atoms with E-state index in [4.69, 9.17) is 4.74 Å². The van der Waals surface area contributed by atoms with Crippen LogP contribution in [0.4, 0.5) is 0 Å². The first-order valence-corrected chi connectivity index (χ1v) is 9.89. The van der Waals surface area contributed by atoms with Gasteiger partial charge in [-0.25, -0.2) is 0 Å². The second kappa shape index (κ2) is 8.62. The van der Waals surface area contributed by atoms with Crippen molar-refractivity contribution in [3.63, 3.8) is 0 Å². The third-order valence-electron chi connectivity index (χ3n) is 4.92. The molecule has 2 aliphatic heterocycles. The average Bonchev–Trinajstić information content (AvgIpc) is 3.16. The van der Waals surface area contributed by atoms with Crippen molar-refractivity contribution >= 4 is 23.2 Å². The largest absolute Gasteiger partial charge is 0.378 e. The van der Waals surface area contributed by atoms with Gasteiger partial charge in [-0.15, -0.1) is 0 Å². The van der Waals surface area contributed by atoms with Gasteiger partial charge in [0.05, 0.1) is 6.10 Å². The summed E-state index contributed by atoms with van der Waals surface area (Å²) in [4.78, 5) is 26.3. The van der Waals surface area contributed by atoms with Crippen molar-refractivity contribution in [2.45, 2.75) is 57.1 Å². The molecule has 1 aromatic rings. The number of nitrogens with zero attached hydrogens (tertiary/aromatic N) is 1. The number of thiophene rings is 1. The molecule has 1 N–H and O–H groups in total. The fourth-order valence-electron chi connectivity index (χ4n) is 3.41. The predicted molar refractivity (Wildman–Crippen MR) is 94.2 cm³/mol. The number of hydrogen-bond acceptors (Lipinski definition) is 4. The van der Waals surface area contributed by atoms with Crippen LogP contribution in [-0.4, -0.2) is 48.6 Å². The van der Waals surface area contributed by atoms with Crippen LogP contribution in [0.25, 0.3) is 0 Å². The summed E-state index contributed by atoms with van der Waals surface area (Å²) < 4.78 is 5.69. The van der Waals surface area contributed by atoms with E-state index >= 15 is 0 Å². The van der Waals surface area contributed by atoms with Crippen molar-refractivity contribution in [2.24, 2.45) is 0 Å². The van der Waals surface area contributed by atoms with Crippen molar-refractivity contribution in [1.82, 2.24) is 10.2 Å². The van der Waals surface area contributed by atoms with E-state index in [1.807, 2.05) is 21.7 Å². The Hall–Kier alpha value is -1.40. The van der Waals surface area contributed by atoms with E-state index < -0.39 is 0 Å². The lowest BCUT2D eigenvalue weighted by atomic mass is 10.0. The highest BCUT2D eigenvalue weighted by molar-refractivity contribution is 7.08. The first-order chi connectivity index (χ1) is 11.7. The number of amides is 2. The van der Waals surface area contributed by atoms with E-state index in [-0.39, 0.29) is 24.0 Å². The number of carbonyl (C=O) groups excluding carboxylic acids is 2. The van der Waals surface area contributed by atoms with Crippen molar-refractivity contribution in [3.8, 4) is 0 Å². The first-order valence-electron chi connectivity index (χ1n) is 8.95. The predicted octanol–water partition coefficient (Wildman–Crippen LogP) is 2.82. The standard InChI is InChI=1S/C18H26N2O3S/c21-17(5-4-16-3-1-2-11-23-16)20-9-6-15(7-10-20)19-18(22)14-8-12-24-13-14/h8,12-13,15-16H,1-7,9-11H2,(H,19,22)/t16-/m0/s1. The summed E-state index contributed by atoms with van der Waals surface area (Å²) in [6.45, 7) is 2.31. The molecule has 6 heteroatoms. The van der Waals surface area contributed by atoms with Crippen LogP contribution in [0.1, 0.15) is 55.3 Å². The Kier molecular flexibility index (Phi) is 6.26. The Morgan fingerprint density at radius 1 is 1.25 bits per heavy atom. The Bertz CT molecular complexity index is 532. The molecule has 1 aromatic heterocycles. The lowest BCUT2D eigenvalue weighted by Gasteiger charge is -2.33. The summed E-state index contributed by atoms with van der Waals surface area (Å²) in [5.74, 6) is 0.224. The molecule has 0 spiro atoms. The highest BCUT2D eigenvalue weighted by Crippen LogP contribution is 2.19. The average molecular weight is 350 g/mol. The second-order valence-electron chi connectivity index (χ2n) is 6.67. The van der Waals surface area contributed by atoms with E-state index in [1.54, 1.807) is 0 Å². The number of likely N-dealkylation sites (tertiary alicyclic amines) is 1. The van der Waals surface area contributed by atoms with Crippen LogP contribution in [0.3, 0.4) is 0 Å². The molecule has 5 nitrogen and oxygen atoms in total. The van der Waals surface area contributed by atoms with E-state index in [2.05, 4.69) is 5.32 Å². The maximum atomic E-state index is 12.3. The van der Waals surface area contributed by atoms with Gasteiger partial charge in [0.1, 0.15) is 0 Å². The number of ether oxygens (including phenoxy) is 1. The molecule has 0 unspecified atom stereocenters. The zero-order valence-corrected chi connectivity index (χ0v) is 14.9. The molecular formula is C18H26N2O3S. The van der Waals surface area contributed by atoms with Crippen LogP contribution in [0.5, 0.6) is 0 Å². The maximum absolute atomic E-state index is 12.3. The van der Waals surface area contributed by atoms with Gasteiger partial charge in [-0.3, -0.25) is 9.59 Å². The highest BCUT2D eigenvalue weighted by atomic mass is 32.1. The second-order valence-corrected chi connectivity index (χ2v) is 7.45. The third kappa shape index (κ3) is 4.80. The van der Waals surface area contributed by atoms with Crippen LogP contribution in [0.2, 0.25) is 0 Å². The zero-order valence-electron chi connectivity index (χ0n) is 14.0. The van der Waals surface area contributed by atoms with E-state index in [1.165, 1.54) is 17.8 Å². The summed E-state index contributed by atoms with van der Waals surface area (Å²) in [6, 6.07) is 2.01. The number of carbonyl (C=O) groups is 2. The number of piperidine rings is 1. The highest BCUT2D eigenvalue weighted by Gasteiger charge is 2.25. The van der Waals surface area contributed by atoms with Gasteiger partial charge in [-0.2, -0.15) is 11.3 Å². The lowest BCUT2D eigenvalue weighted by Crippen LogP contribution is -2.46. The molecule has 0 saturated carbocycles. The minimum atomic E-state index is -0.00419. The molecule has 3 rings (SSSR count). The topological polar surface area (TPSA) is 58.6 Å². The fourth-order valence-corrected chi connectivity index (χ4v) is 4.05. The molecule has 2 amide bonds. The van der Waals surface area contributed by atoms with E-state index in [0.29, 0.717) is 6.42 Å². The SMILES string of the molecule is O=C(NC1CCN(C(=O)CC[C@@H]2CCCCO2)CC1)c1ccsc1. The Morgan fingerprint density at radius 3 is 2.75 bits per heavy atom. The minimum Gasteiger partial charge on any atom is -0.378 e. The molecule has 0 radical (unpaired) electrons. The first kappa shape index (κ1) is 17.4. The van der Waals surface area contributed by atoms with Gasteiger partial charge < -0.3 is 15.0 Å². The Morgan fingerprint density at radius 2 is 2.08 bits per heavy atom. The lowest BCUT2D eigenvalue weighted by molar-refractivity contribution is -0.133. The van der Waals surface area contributed by atoms with E-state index in [9.17, 15) is 9.59 Å². The minimum absolute atomic E-state index is 0.00419. The zero-order chi connectivity index (χ0) is 16.8. The van der Waals surface area contributed by atoms with Crippen molar-refractivity contribution in [3.05, 3.63) is 22.4 Å². The molecule has 2 saturated heterocycles. The number of rotatable bonds is 5. The van der Waals surface area contributed by atoms with Crippen molar-refractivity contribution < 1.29 is 14.3 Å². The third-order valence-corrected chi connectivity index (χ3v) is 5.60. The summed E-state index contributed by atoms with van der Waals surface area (Å²) in [5, 5.41) is 6.85. The molecule has 132 valence electrons. The Balaban J connectivity index is 1.36. The molecule has 24 heavy (non-hydrogen) atoms. The molecule has 0 aliphatic carbocycles. The summed E-state index contributed by atoms with van der Waals surface area (Å²) in [7, 11) is 0. The maximum Gasteiger partial charge on any atom is 0.252 e. The van der Waals surface area contributed by atoms with Gasteiger partial charge in [-0.1, -0.05) is 0 Å². The van der Waals surface area contributed by atoms with Gasteiger partial charge >= 0.3 is 0 Å². The van der Waals surface area contributed by atoms with Crippen molar-refractivity contribution in [2.75, 3.05) is 19.7 Å². The molecule has 0 aromatic carbocycles. The molecule has 2 fully saturated rings. The normalized spacial score (nSPS) is 22.3. The smallest absolute Gasteiger partial charge is 0.252 e. The molecule has 0 bridgehead atoms. The number of hydrogen-bond donors (Lipinski definition) is 1. The summed E-state index contributed by atoms with van der Waals surface area (Å²) >= 11 is 1.53. The van der Waals surface area contributed by atoms with Gasteiger partial charge in [0.25, 0.3) is 5.91 Å². The van der Waals surface area contributed by atoms with Gasteiger partial charge in [-0.05, 0) is 50.0 Å². The molecule has 3 heterocycles. The quantitative estimate of drug-likeness (QED) is 0.888. The van der Waals surface area contributed by atoms with Crippen LogP contribution in [0, 0.1) is 0 Å². The summed E-state index contributed by atoms with van der Waals surface area (Å²) in [5.41, 5.74) is 0.728. The number of nitrogens with one attached hydrogen (secondary N) is 1. The van der Waals surface area contributed by atoms with Crippen LogP contribution in [-0.2, 0) is 9.53 Å². The van der Waals surface area contributed by atoms with Crippen LogP contribution < -0.4 is 5.32 Å². The van der Waals surface area contributed by atoms with Gasteiger partial charge in [0, 0.05) is 43.1 Å². The van der Waals surface area contributed by atoms with Gasteiger partial charge in [0.2, 0.25) is 5.91 Å². The van der Waals surface area contributed by atoms with Crippen molar-refractivity contribution in [1.29, 1.82) is 0 Å². The Labute approximate surface area is 147 Å². The monoisotopic (exact) mass is 350 g/mol.